The molecule has 1 amide bonds. The molecule has 2 atom stereocenters. The van der Waals surface area contributed by atoms with Crippen LogP contribution in [0.15, 0.2) is 48.5 Å². The predicted octanol–water partition coefficient (Wildman–Crippen LogP) is 3.87. The second-order valence-corrected chi connectivity index (χ2v) is 7.40. The van der Waals surface area contributed by atoms with E-state index in [1.165, 1.54) is 6.42 Å². The van der Waals surface area contributed by atoms with Crippen molar-refractivity contribution in [1.29, 1.82) is 0 Å². The lowest BCUT2D eigenvalue weighted by Crippen LogP contribution is -2.42. The number of piperidine rings is 1. The van der Waals surface area contributed by atoms with Crippen molar-refractivity contribution in [1.82, 2.24) is 4.90 Å². The number of hydrogen-bond donors (Lipinski definition) is 1. The molecule has 0 aliphatic carbocycles. The molecule has 2 aliphatic heterocycles. The highest BCUT2D eigenvalue weighted by Crippen LogP contribution is 2.34. The molecule has 0 bridgehead atoms. The Kier molecular flexibility index (Phi) is 5.30. The predicted molar refractivity (Wildman–Crippen MR) is 105 cm³/mol. The van der Waals surface area contributed by atoms with Crippen LogP contribution in [0.5, 0.6) is 11.5 Å². The first kappa shape index (κ1) is 17.9. The number of nitrogens with zero attached hydrogens (tertiary/aromatic N) is 1. The fourth-order valence-electron chi connectivity index (χ4n) is 3.96. The highest BCUT2D eigenvalue weighted by atomic mass is 16.6. The number of amides is 1. The molecular weight excluding hydrogens is 340 g/mol. The zero-order valence-corrected chi connectivity index (χ0v) is 15.7. The summed E-state index contributed by atoms with van der Waals surface area (Å²) in [6, 6.07) is 15.3. The lowest BCUT2D eigenvalue weighted by atomic mass is 9.95. The highest BCUT2D eigenvalue weighted by molar-refractivity contribution is 5.95. The maximum atomic E-state index is 13.3. The monoisotopic (exact) mass is 366 g/mol. The molecule has 1 fully saturated rings. The highest BCUT2D eigenvalue weighted by Gasteiger charge is 2.30. The summed E-state index contributed by atoms with van der Waals surface area (Å²) in [5.74, 6) is 2.00. The number of likely N-dealkylation sites (tertiary alicyclic amines) is 1. The number of ether oxygens (including phenoxy) is 2. The maximum absolute atomic E-state index is 13.3. The van der Waals surface area contributed by atoms with Gasteiger partial charge in [0.1, 0.15) is 19.3 Å². The molecule has 2 aliphatic rings. The van der Waals surface area contributed by atoms with Crippen molar-refractivity contribution < 1.29 is 14.3 Å². The number of anilines is 1. The SMILES string of the molecule is C[C@@H]1CCCN([C@@H](C(=O)Nc2ccc3c(c2)OCCO3)c2ccccc2)C1. The van der Waals surface area contributed by atoms with E-state index in [2.05, 4.69) is 17.1 Å². The molecule has 0 unspecified atom stereocenters. The molecule has 1 saturated heterocycles. The smallest absolute Gasteiger partial charge is 0.246 e. The Morgan fingerprint density at radius 2 is 1.89 bits per heavy atom. The van der Waals surface area contributed by atoms with Gasteiger partial charge >= 0.3 is 0 Å². The molecule has 0 saturated carbocycles. The molecule has 2 heterocycles. The molecule has 142 valence electrons. The zero-order chi connectivity index (χ0) is 18.6. The molecule has 27 heavy (non-hydrogen) atoms. The van der Waals surface area contributed by atoms with Gasteiger partial charge in [0.2, 0.25) is 5.91 Å². The van der Waals surface area contributed by atoms with Gasteiger partial charge in [-0.25, -0.2) is 0 Å². The van der Waals surface area contributed by atoms with Crippen molar-refractivity contribution in [3.05, 3.63) is 54.1 Å². The Hall–Kier alpha value is -2.53. The largest absolute Gasteiger partial charge is 0.486 e. The molecule has 0 spiro atoms. The van der Waals surface area contributed by atoms with E-state index in [1.54, 1.807) is 0 Å². The Morgan fingerprint density at radius 3 is 2.67 bits per heavy atom. The maximum Gasteiger partial charge on any atom is 0.246 e. The average molecular weight is 366 g/mol. The quantitative estimate of drug-likeness (QED) is 0.892. The molecule has 0 aromatic heterocycles. The first-order valence-electron chi connectivity index (χ1n) is 9.70. The Bertz CT molecular complexity index is 793. The van der Waals surface area contributed by atoms with Crippen LogP contribution in [-0.2, 0) is 4.79 Å². The van der Waals surface area contributed by atoms with Crippen LogP contribution in [0.3, 0.4) is 0 Å². The standard InChI is InChI=1S/C22H26N2O3/c1-16-6-5-11-24(15-16)21(17-7-3-2-4-8-17)22(25)23-18-9-10-19-20(14-18)27-13-12-26-19/h2-4,7-10,14,16,21H,5-6,11-13,15H2,1H3,(H,23,25)/t16-,21-/m1/s1. The minimum atomic E-state index is -0.290. The van der Waals surface area contributed by atoms with Crippen LogP contribution in [0.4, 0.5) is 5.69 Å². The number of hydrogen-bond acceptors (Lipinski definition) is 4. The van der Waals surface area contributed by atoms with Gasteiger partial charge in [-0.3, -0.25) is 9.69 Å². The van der Waals surface area contributed by atoms with Crippen molar-refractivity contribution in [3.63, 3.8) is 0 Å². The van der Waals surface area contributed by atoms with Gasteiger partial charge in [0.05, 0.1) is 0 Å². The summed E-state index contributed by atoms with van der Waals surface area (Å²) in [5, 5.41) is 3.09. The zero-order valence-electron chi connectivity index (χ0n) is 15.7. The van der Waals surface area contributed by atoms with Crippen molar-refractivity contribution in [3.8, 4) is 11.5 Å². The fourth-order valence-corrected chi connectivity index (χ4v) is 3.96. The summed E-state index contributed by atoms with van der Waals surface area (Å²) in [6.07, 6.45) is 2.35. The van der Waals surface area contributed by atoms with Crippen LogP contribution in [0.25, 0.3) is 0 Å². The molecule has 5 nitrogen and oxygen atoms in total. The van der Waals surface area contributed by atoms with E-state index in [9.17, 15) is 4.79 Å². The minimum Gasteiger partial charge on any atom is -0.486 e. The van der Waals surface area contributed by atoms with Crippen molar-refractivity contribution >= 4 is 11.6 Å². The summed E-state index contributed by atoms with van der Waals surface area (Å²) >= 11 is 0. The van der Waals surface area contributed by atoms with Crippen molar-refractivity contribution in [2.45, 2.75) is 25.8 Å². The topological polar surface area (TPSA) is 50.8 Å². The number of carbonyl (C=O) groups is 1. The first-order valence-corrected chi connectivity index (χ1v) is 9.70. The van der Waals surface area contributed by atoms with Crippen LogP contribution < -0.4 is 14.8 Å². The van der Waals surface area contributed by atoms with Crippen molar-refractivity contribution in [2.24, 2.45) is 5.92 Å². The third kappa shape index (κ3) is 4.08. The molecular formula is C22H26N2O3. The van der Waals surface area contributed by atoms with Gasteiger partial charge in [-0.05, 0) is 43.0 Å². The number of carbonyl (C=O) groups excluding carboxylic acids is 1. The van der Waals surface area contributed by atoms with Gasteiger partial charge in [0, 0.05) is 18.3 Å². The summed E-state index contributed by atoms with van der Waals surface area (Å²) in [5.41, 5.74) is 1.76. The third-order valence-corrected chi connectivity index (χ3v) is 5.23. The van der Waals surface area contributed by atoms with Crippen LogP contribution in [0.1, 0.15) is 31.4 Å². The second-order valence-electron chi connectivity index (χ2n) is 7.40. The van der Waals surface area contributed by atoms with Gasteiger partial charge in [-0.1, -0.05) is 37.3 Å². The average Bonchev–Trinajstić information content (AvgIpc) is 2.69. The second kappa shape index (κ2) is 8.01. The Morgan fingerprint density at radius 1 is 1.11 bits per heavy atom. The number of nitrogens with one attached hydrogen (secondary N) is 1. The molecule has 0 radical (unpaired) electrons. The normalized spacial score (nSPS) is 20.7. The van der Waals surface area contributed by atoms with Crippen LogP contribution >= 0.6 is 0 Å². The Balaban J connectivity index is 1.57. The van der Waals surface area contributed by atoms with E-state index in [4.69, 9.17) is 9.47 Å². The Labute approximate surface area is 160 Å². The number of benzene rings is 2. The van der Waals surface area contributed by atoms with E-state index in [0.29, 0.717) is 24.9 Å². The van der Waals surface area contributed by atoms with Gasteiger partial charge in [-0.2, -0.15) is 0 Å². The van der Waals surface area contributed by atoms with Gasteiger partial charge in [0.25, 0.3) is 0 Å². The van der Waals surface area contributed by atoms with E-state index >= 15 is 0 Å². The van der Waals surface area contributed by atoms with E-state index in [1.807, 2.05) is 48.5 Å². The van der Waals surface area contributed by atoms with E-state index in [0.717, 1.165) is 36.5 Å². The van der Waals surface area contributed by atoms with Gasteiger partial charge < -0.3 is 14.8 Å². The summed E-state index contributed by atoms with van der Waals surface area (Å²) in [4.78, 5) is 15.6. The number of fused-ring (bicyclic) bond motifs is 1. The molecule has 2 aromatic rings. The summed E-state index contributed by atoms with van der Waals surface area (Å²) in [6.45, 7) is 5.23. The fraction of sp³-hybridized carbons (Fsp3) is 0.409. The first-order chi connectivity index (χ1) is 13.2. The van der Waals surface area contributed by atoms with Crippen molar-refractivity contribution in [2.75, 3.05) is 31.6 Å². The van der Waals surface area contributed by atoms with E-state index in [-0.39, 0.29) is 11.9 Å². The van der Waals surface area contributed by atoms with Crippen LogP contribution in [0.2, 0.25) is 0 Å². The molecule has 4 rings (SSSR count). The van der Waals surface area contributed by atoms with Crippen LogP contribution in [0, 0.1) is 5.92 Å². The van der Waals surface area contributed by atoms with Crippen LogP contribution in [-0.4, -0.2) is 37.1 Å². The van der Waals surface area contributed by atoms with Gasteiger partial charge in [0.15, 0.2) is 11.5 Å². The number of rotatable bonds is 4. The molecule has 2 aromatic carbocycles. The molecule has 5 heteroatoms. The molecule has 1 N–H and O–H groups in total. The summed E-state index contributed by atoms with van der Waals surface area (Å²) < 4.78 is 11.2. The lowest BCUT2D eigenvalue weighted by Gasteiger charge is -2.36. The lowest BCUT2D eigenvalue weighted by molar-refractivity contribution is -0.122. The summed E-state index contributed by atoms with van der Waals surface area (Å²) in [7, 11) is 0. The third-order valence-electron chi connectivity index (χ3n) is 5.23. The minimum absolute atomic E-state index is 0.00743. The van der Waals surface area contributed by atoms with E-state index < -0.39 is 0 Å². The van der Waals surface area contributed by atoms with Gasteiger partial charge in [-0.15, -0.1) is 0 Å².